The molecule has 0 aliphatic heterocycles. The summed E-state index contributed by atoms with van der Waals surface area (Å²) in [4.78, 5) is 14.5. The van der Waals surface area contributed by atoms with E-state index in [0.29, 0.717) is 38.9 Å². The van der Waals surface area contributed by atoms with Crippen LogP contribution in [0.5, 0.6) is 0 Å². The Morgan fingerprint density at radius 1 is 1.15 bits per heavy atom. The van der Waals surface area contributed by atoms with E-state index in [-0.39, 0.29) is 11.7 Å². The Bertz CT molecular complexity index is 744. The molecule has 2 aromatic rings. The molecule has 27 heavy (non-hydrogen) atoms. The van der Waals surface area contributed by atoms with E-state index in [9.17, 15) is 9.18 Å². The van der Waals surface area contributed by atoms with Crippen molar-refractivity contribution in [2.45, 2.75) is 45.5 Å². The van der Waals surface area contributed by atoms with Crippen LogP contribution in [0.2, 0.25) is 0 Å². The van der Waals surface area contributed by atoms with Crippen LogP contribution in [0.4, 0.5) is 4.39 Å². The summed E-state index contributed by atoms with van der Waals surface area (Å²) in [6, 6.07) is 15.1. The van der Waals surface area contributed by atoms with Gasteiger partial charge < -0.3 is 10.1 Å². The van der Waals surface area contributed by atoms with Crippen molar-refractivity contribution in [1.29, 1.82) is 0 Å². The number of ether oxygens (including phenoxy) is 1. The number of halogens is 1. The molecule has 1 amide bonds. The van der Waals surface area contributed by atoms with Crippen molar-refractivity contribution in [3.63, 3.8) is 0 Å². The van der Waals surface area contributed by atoms with Crippen LogP contribution in [0.15, 0.2) is 48.5 Å². The highest BCUT2D eigenvalue weighted by Gasteiger charge is 2.30. The normalized spacial score (nSPS) is 13.7. The Morgan fingerprint density at radius 2 is 1.89 bits per heavy atom. The summed E-state index contributed by atoms with van der Waals surface area (Å²) >= 11 is 0. The van der Waals surface area contributed by atoms with E-state index < -0.39 is 0 Å². The van der Waals surface area contributed by atoms with Crippen LogP contribution in [-0.2, 0) is 29.2 Å². The van der Waals surface area contributed by atoms with Gasteiger partial charge in [-0.2, -0.15) is 0 Å². The van der Waals surface area contributed by atoms with Gasteiger partial charge in [0.15, 0.2) is 0 Å². The molecule has 0 bridgehead atoms. The Labute approximate surface area is 160 Å². The number of hydrogen-bond donors (Lipinski definition) is 1. The van der Waals surface area contributed by atoms with Gasteiger partial charge in [0, 0.05) is 25.7 Å². The van der Waals surface area contributed by atoms with Crippen molar-refractivity contribution in [3.8, 4) is 0 Å². The molecule has 1 aliphatic carbocycles. The standard InChI is InChI=1S/C22H27FN2O2/c1-2-27-16-18-8-6-17(7-9-18)13-24-22(26)15-25(21-10-11-21)14-19-4-3-5-20(23)12-19/h3-9,12,21H,2,10-11,13-16H2,1H3,(H,24,26). The van der Waals surface area contributed by atoms with Crippen LogP contribution in [0.1, 0.15) is 36.5 Å². The second-order valence-electron chi connectivity index (χ2n) is 7.00. The summed E-state index contributed by atoms with van der Waals surface area (Å²) < 4.78 is 18.8. The van der Waals surface area contributed by atoms with Gasteiger partial charge in [-0.25, -0.2) is 4.39 Å². The van der Waals surface area contributed by atoms with Crippen LogP contribution in [0.3, 0.4) is 0 Å². The number of hydrogen-bond acceptors (Lipinski definition) is 3. The number of carbonyl (C=O) groups excluding carboxylic acids is 1. The summed E-state index contributed by atoms with van der Waals surface area (Å²) in [6.45, 7) is 4.73. The van der Waals surface area contributed by atoms with Crippen LogP contribution in [0.25, 0.3) is 0 Å². The summed E-state index contributed by atoms with van der Waals surface area (Å²) in [5, 5.41) is 2.99. The number of nitrogens with one attached hydrogen (secondary N) is 1. The molecule has 1 saturated carbocycles. The van der Waals surface area contributed by atoms with Gasteiger partial charge in [0.1, 0.15) is 5.82 Å². The van der Waals surface area contributed by atoms with Gasteiger partial charge in [-0.15, -0.1) is 0 Å². The molecule has 1 N–H and O–H groups in total. The Balaban J connectivity index is 1.48. The highest BCUT2D eigenvalue weighted by molar-refractivity contribution is 5.78. The van der Waals surface area contributed by atoms with Gasteiger partial charge in [-0.3, -0.25) is 9.69 Å². The summed E-state index contributed by atoms with van der Waals surface area (Å²) in [5.41, 5.74) is 3.09. The van der Waals surface area contributed by atoms with Crippen LogP contribution in [0, 0.1) is 5.82 Å². The molecule has 0 unspecified atom stereocenters. The fourth-order valence-electron chi connectivity index (χ4n) is 3.04. The number of rotatable bonds is 10. The molecule has 0 saturated heterocycles. The fraction of sp³-hybridized carbons (Fsp3) is 0.409. The average Bonchev–Trinajstić information content (AvgIpc) is 3.50. The van der Waals surface area contributed by atoms with Crippen LogP contribution < -0.4 is 5.32 Å². The van der Waals surface area contributed by atoms with Crippen molar-refractivity contribution in [2.24, 2.45) is 0 Å². The first-order chi connectivity index (χ1) is 13.1. The Kier molecular flexibility index (Phi) is 6.96. The van der Waals surface area contributed by atoms with Crippen molar-refractivity contribution in [3.05, 3.63) is 71.0 Å². The lowest BCUT2D eigenvalue weighted by molar-refractivity contribution is -0.122. The SMILES string of the molecule is CCOCc1ccc(CNC(=O)CN(Cc2cccc(F)c2)C2CC2)cc1. The first-order valence-electron chi connectivity index (χ1n) is 9.55. The zero-order valence-corrected chi connectivity index (χ0v) is 15.8. The molecule has 1 fully saturated rings. The predicted octanol–water partition coefficient (Wildman–Crippen LogP) is 3.64. The molecule has 2 aromatic carbocycles. The lowest BCUT2D eigenvalue weighted by Gasteiger charge is -2.21. The maximum absolute atomic E-state index is 13.4. The van der Waals surface area contributed by atoms with E-state index in [4.69, 9.17) is 4.74 Å². The van der Waals surface area contributed by atoms with Crippen LogP contribution >= 0.6 is 0 Å². The number of nitrogens with zero attached hydrogens (tertiary/aromatic N) is 1. The van der Waals surface area contributed by atoms with E-state index in [1.165, 1.54) is 12.1 Å². The molecular formula is C22H27FN2O2. The molecule has 0 radical (unpaired) electrons. The molecule has 3 rings (SSSR count). The molecule has 144 valence electrons. The van der Waals surface area contributed by atoms with Crippen molar-refractivity contribution in [1.82, 2.24) is 10.2 Å². The fourth-order valence-corrected chi connectivity index (χ4v) is 3.04. The minimum Gasteiger partial charge on any atom is -0.377 e. The summed E-state index contributed by atoms with van der Waals surface area (Å²) in [5.74, 6) is -0.239. The number of carbonyl (C=O) groups is 1. The maximum atomic E-state index is 13.4. The molecular weight excluding hydrogens is 343 g/mol. The second kappa shape index (κ2) is 9.62. The number of amides is 1. The predicted molar refractivity (Wildman–Crippen MR) is 103 cm³/mol. The molecule has 0 atom stereocenters. The largest absolute Gasteiger partial charge is 0.377 e. The molecule has 5 heteroatoms. The minimum absolute atomic E-state index is 0.00306. The third-order valence-corrected chi connectivity index (χ3v) is 4.67. The molecule has 0 heterocycles. The molecule has 1 aliphatic rings. The van der Waals surface area contributed by atoms with E-state index in [2.05, 4.69) is 10.2 Å². The Morgan fingerprint density at radius 3 is 2.56 bits per heavy atom. The van der Waals surface area contributed by atoms with E-state index in [1.807, 2.05) is 37.3 Å². The van der Waals surface area contributed by atoms with Gasteiger partial charge in [-0.05, 0) is 48.6 Å². The topological polar surface area (TPSA) is 41.6 Å². The Hall–Kier alpha value is -2.24. The highest BCUT2D eigenvalue weighted by atomic mass is 19.1. The lowest BCUT2D eigenvalue weighted by Crippen LogP contribution is -2.37. The van der Waals surface area contributed by atoms with Gasteiger partial charge in [0.2, 0.25) is 5.91 Å². The molecule has 0 aromatic heterocycles. The quantitative estimate of drug-likeness (QED) is 0.694. The first-order valence-corrected chi connectivity index (χ1v) is 9.55. The molecule has 0 spiro atoms. The van der Waals surface area contributed by atoms with E-state index in [0.717, 1.165) is 29.5 Å². The number of benzene rings is 2. The monoisotopic (exact) mass is 370 g/mol. The third kappa shape index (κ3) is 6.45. The zero-order chi connectivity index (χ0) is 19.1. The first kappa shape index (κ1) is 19.5. The van der Waals surface area contributed by atoms with Gasteiger partial charge in [-0.1, -0.05) is 36.4 Å². The van der Waals surface area contributed by atoms with Crippen molar-refractivity contribution < 1.29 is 13.9 Å². The van der Waals surface area contributed by atoms with Gasteiger partial charge in [0.25, 0.3) is 0 Å². The second-order valence-corrected chi connectivity index (χ2v) is 7.00. The van der Waals surface area contributed by atoms with Crippen LogP contribution in [-0.4, -0.2) is 30.0 Å². The third-order valence-electron chi connectivity index (χ3n) is 4.67. The zero-order valence-electron chi connectivity index (χ0n) is 15.8. The lowest BCUT2D eigenvalue weighted by atomic mass is 10.1. The highest BCUT2D eigenvalue weighted by Crippen LogP contribution is 2.28. The van der Waals surface area contributed by atoms with Crippen molar-refractivity contribution in [2.75, 3.05) is 13.2 Å². The minimum atomic E-state index is -0.236. The van der Waals surface area contributed by atoms with Gasteiger partial charge in [0.05, 0.1) is 13.2 Å². The smallest absolute Gasteiger partial charge is 0.234 e. The maximum Gasteiger partial charge on any atom is 0.234 e. The summed E-state index contributed by atoms with van der Waals surface area (Å²) in [7, 11) is 0. The van der Waals surface area contributed by atoms with Crippen molar-refractivity contribution >= 4 is 5.91 Å². The van der Waals surface area contributed by atoms with E-state index >= 15 is 0 Å². The summed E-state index contributed by atoms with van der Waals surface area (Å²) in [6.07, 6.45) is 2.20. The molecule has 4 nitrogen and oxygen atoms in total. The average molecular weight is 370 g/mol. The van der Waals surface area contributed by atoms with E-state index in [1.54, 1.807) is 6.07 Å². The van der Waals surface area contributed by atoms with Gasteiger partial charge >= 0.3 is 0 Å².